The number of nitrogens with one attached hydrogen (secondary N) is 1. The zero-order chi connectivity index (χ0) is 16.0. The number of nitrogens with two attached hydrogens (primary N) is 1. The number of hydrogen-bond donors (Lipinski definition) is 3. The van der Waals surface area contributed by atoms with Gasteiger partial charge in [-0.2, -0.15) is 5.10 Å². The van der Waals surface area contributed by atoms with E-state index in [1.807, 2.05) is 31.5 Å². The molecule has 1 aromatic heterocycles. The van der Waals surface area contributed by atoms with E-state index in [2.05, 4.69) is 15.6 Å². The molecule has 0 aromatic carbocycles. The third kappa shape index (κ3) is 3.96. The Hall–Kier alpha value is -2.05. The van der Waals surface area contributed by atoms with Crippen LogP contribution in [0.2, 0.25) is 0 Å². The molecule has 0 saturated heterocycles. The molecule has 0 aliphatic carbocycles. The fraction of sp³-hybridized carbons (Fsp3) is 0.643. The van der Waals surface area contributed by atoms with Crippen molar-refractivity contribution in [1.82, 2.24) is 15.1 Å². The first kappa shape index (κ1) is 17.0. The zero-order valence-electron chi connectivity index (χ0n) is 13.2. The van der Waals surface area contributed by atoms with Crippen molar-refractivity contribution in [3.05, 3.63) is 17.5 Å². The molecule has 7 nitrogen and oxygen atoms in total. The molecule has 0 bridgehead atoms. The maximum Gasteiger partial charge on any atom is 0.233 e. The van der Waals surface area contributed by atoms with Crippen LogP contribution in [0.25, 0.3) is 0 Å². The zero-order valence-corrected chi connectivity index (χ0v) is 13.2. The summed E-state index contributed by atoms with van der Waals surface area (Å²) in [5.41, 5.74) is 6.72. The summed E-state index contributed by atoms with van der Waals surface area (Å²) >= 11 is 0. The van der Waals surface area contributed by atoms with Gasteiger partial charge in [-0.25, -0.2) is 0 Å². The van der Waals surface area contributed by atoms with Crippen LogP contribution in [-0.4, -0.2) is 33.3 Å². The van der Waals surface area contributed by atoms with Gasteiger partial charge in [0.1, 0.15) is 5.41 Å². The summed E-state index contributed by atoms with van der Waals surface area (Å²) in [4.78, 5) is 12.2. The second-order valence-electron chi connectivity index (χ2n) is 5.43. The van der Waals surface area contributed by atoms with Crippen LogP contribution in [0.4, 0.5) is 0 Å². The van der Waals surface area contributed by atoms with Crippen molar-refractivity contribution in [1.29, 1.82) is 0 Å². The monoisotopic (exact) mass is 295 g/mol. The highest BCUT2D eigenvalue weighted by atomic mass is 16.4. The van der Waals surface area contributed by atoms with Crippen molar-refractivity contribution in [2.24, 2.45) is 16.3 Å². The van der Waals surface area contributed by atoms with E-state index >= 15 is 0 Å². The molecule has 1 rings (SSSR count). The molecule has 0 fully saturated rings. The van der Waals surface area contributed by atoms with Gasteiger partial charge >= 0.3 is 0 Å². The molecule has 0 aliphatic heterocycles. The fourth-order valence-corrected chi connectivity index (χ4v) is 2.10. The number of rotatable bonds is 7. The first-order chi connectivity index (χ1) is 9.85. The first-order valence-electron chi connectivity index (χ1n) is 7.12. The highest BCUT2D eigenvalue weighted by Gasteiger charge is 2.35. The summed E-state index contributed by atoms with van der Waals surface area (Å²) in [7, 11) is 0. The number of aromatic nitrogens is 2. The van der Waals surface area contributed by atoms with Crippen LogP contribution in [0, 0.1) is 19.3 Å². The summed E-state index contributed by atoms with van der Waals surface area (Å²) in [6, 6.07) is 2.02. The Kier molecular flexibility index (Phi) is 5.75. The normalized spacial score (nSPS) is 14.8. The summed E-state index contributed by atoms with van der Waals surface area (Å²) in [5, 5.41) is 18.9. The molecule has 1 heterocycles. The van der Waals surface area contributed by atoms with Gasteiger partial charge in [0.15, 0.2) is 5.84 Å². The van der Waals surface area contributed by atoms with Crippen molar-refractivity contribution < 1.29 is 10.0 Å². The van der Waals surface area contributed by atoms with Crippen molar-refractivity contribution in [3.8, 4) is 0 Å². The molecule has 0 saturated carbocycles. The standard InChI is InChI=1S/C14H25N5O2/c1-5-14(4,12(15)18-21)13(20)16-7-6-8-19-11(3)9-10(2)17-19/h9,21H,5-8H2,1-4H3,(H2,15,18)(H,16,20). The van der Waals surface area contributed by atoms with Crippen LogP contribution in [0.15, 0.2) is 11.2 Å². The number of carbonyl (C=O) groups is 1. The van der Waals surface area contributed by atoms with Gasteiger partial charge in [0.2, 0.25) is 5.91 Å². The van der Waals surface area contributed by atoms with E-state index in [1.54, 1.807) is 6.92 Å². The van der Waals surface area contributed by atoms with Crippen LogP contribution in [0.5, 0.6) is 0 Å². The van der Waals surface area contributed by atoms with Gasteiger partial charge in [-0.05, 0) is 39.7 Å². The predicted octanol–water partition coefficient (Wildman–Crippen LogP) is 1.17. The minimum absolute atomic E-state index is 0.0685. The van der Waals surface area contributed by atoms with Gasteiger partial charge in [-0.15, -0.1) is 0 Å². The third-order valence-corrected chi connectivity index (χ3v) is 3.82. The molecule has 21 heavy (non-hydrogen) atoms. The number of amidine groups is 1. The molecule has 7 heteroatoms. The third-order valence-electron chi connectivity index (χ3n) is 3.82. The van der Waals surface area contributed by atoms with Gasteiger partial charge in [-0.3, -0.25) is 9.48 Å². The lowest BCUT2D eigenvalue weighted by molar-refractivity contribution is -0.127. The minimum atomic E-state index is -0.979. The maximum absolute atomic E-state index is 12.2. The number of hydrogen-bond acceptors (Lipinski definition) is 4. The summed E-state index contributed by atoms with van der Waals surface area (Å²) in [6.45, 7) is 8.71. The predicted molar refractivity (Wildman–Crippen MR) is 81.1 cm³/mol. The van der Waals surface area contributed by atoms with Crippen LogP contribution in [-0.2, 0) is 11.3 Å². The Morgan fingerprint density at radius 1 is 1.57 bits per heavy atom. The van der Waals surface area contributed by atoms with Gasteiger partial charge in [0.05, 0.1) is 5.69 Å². The molecule has 4 N–H and O–H groups in total. The summed E-state index contributed by atoms with van der Waals surface area (Å²) < 4.78 is 1.92. The highest BCUT2D eigenvalue weighted by Crippen LogP contribution is 2.21. The minimum Gasteiger partial charge on any atom is -0.409 e. The highest BCUT2D eigenvalue weighted by molar-refractivity contribution is 6.06. The number of oxime groups is 1. The van der Waals surface area contributed by atoms with Gasteiger partial charge in [-0.1, -0.05) is 12.1 Å². The van der Waals surface area contributed by atoms with Crippen molar-refractivity contribution in [3.63, 3.8) is 0 Å². The van der Waals surface area contributed by atoms with Gasteiger partial charge in [0.25, 0.3) is 0 Å². The van der Waals surface area contributed by atoms with E-state index in [0.717, 1.165) is 24.4 Å². The SMILES string of the molecule is CCC(C)(C(=O)NCCCn1nc(C)cc1C)/C(N)=N/O. The maximum atomic E-state index is 12.2. The smallest absolute Gasteiger partial charge is 0.233 e. The Morgan fingerprint density at radius 2 is 2.24 bits per heavy atom. The van der Waals surface area contributed by atoms with Gasteiger partial charge < -0.3 is 16.3 Å². The van der Waals surface area contributed by atoms with Crippen molar-refractivity contribution in [2.75, 3.05) is 6.54 Å². The molecule has 1 amide bonds. The Balaban J connectivity index is 2.48. The summed E-state index contributed by atoms with van der Waals surface area (Å²) in [5.74, 6) is -0.297. The van der Waals surface area contributed by atoms with Crippen LogP contribution in [0.1, 0.15) is 38.1 Å². The molecular weight excluding hydrogens is 270 g/mol. The Bertz CT molecular complexity index is 523. The van der Waals surface area contributed by atoms with Crippen LogP contribution >= 0.6 is 0 Å². The molecule has 118 valence electrons. The first-order valence-corrected chi connectivity index (χ1v) is 7.12. The Labute approximate surface area is 125 Å². The molecule has 0 radical (unpaired) electrons. The largest absolute Gasteiger partial charge is 0.409 e. The van der Waals surface area contributed by atoms with E-state index < -0.39 is 5.41 Å². The molecule has 1 unspecified atom stereocenters. The molecular formula is C14H25N5O2. The second kappa shape index (κ2) is 7.10. The summed E-state index contributed by atoms with van der Waals surface area (Å²) in [6.07, 6.45) is 1.23. The van der Waals surface area contributed by atoms with Gasteiger partial charge in [0, 0.05) is 18.8 Å². The van der Waals surface area contributed by atoms with E-state index in [4.69, 9.17) is 10.9 Å². The number of aryl methyl sites for hydroxylation is 3. The Morgan fingerprint density at radius 3 is 2.71 bits per heavy atom. The van der Waals surface area contributed by atoms with E-state index in [-0.39, 0.29) is 11.7 Å². The number of carbonyl (C=O) groups excluding carboxylic acids is 1. The van der Waals surface area contributed by atoms with E-state index in [0.29, 0.717) is 13.0 Å². The van der Waals surface area contributed by atoms with Crippen LogP contribution in [0.3, 0.4) is 0 Å². The van der Waals surface area contributed by atoms with E-state index in [9.17, 15) is 4.79 Å². The lowest BCUT2D eigenvalue weighted by Crippen LogP contribution is -2.47. The van der Waals surface area contributed by atoms with Crippen LogP contribution < -0.4 is 11.1 Å². The topological polar surface area (TPSA) is 106 Å². The number of nitrogens with zero attached hydrogens (tertiary/aromatic N) is 3. The average molecular weight is 295 g/mol. The van der Waals surface area contributed by atoms with E-state index in [1.165, 1.54) is 0 Å². The lowest BCUT2D eigenvalue weighted by Gasteiger charge is -2.25. The fourth-order valence-electron chi connectivity index (χ4n) is 2.10. The quantitative estimate of drug-likeness (QED) is 0.231. The average Bonchev–Trinajstić information content (AvgIpc) is 2.79. The molecule has 0 spiro atoms. The molecule has 1 atom stereocenters. The lowest BCUT2D eigenvalue weighted by atomic mass is 9.85. The second-order valence-corrected chi connectivity index (χ2v) is 5.43. The number of amides is 1. The molecule has 1 aromatic rings. The van der Waals surface area contributed by atoms with Crippen molar-refractivity contribution in [2.45, 2.75) is 47.1 Å². The molecule has 0 aliphatic rings. The van der Waals surface area contributed by atoms with Crippen molar-refractivity contribution >= 4 is 11.7 Å².